The summed E-state index contributed by atoms with van der Waals surface area (Å²) in [6.45, 7) is 0.600. The molecule has 0 aliphatic carbocycles. The largest absolute Gasteiger partial charge is 0.460 e. The maximum Gasteiger partial charge on any atom is 0.323 e. The molecule has 0 unspecified atom stereocenters. The van der Waals surface area contributed by atoms with Gasteiger partial charge >= 0.3 is 5.97 Å². The van der Waals surface area contributed by atoms with E-state index >= 15 is 0 Å². The van der Waals surface area contributed by atoms with Crippen molar-refractivity contribution in [3.05, 3.63) is 28.0 Å². The highest BCUT2D eigenvalue weighted by atomic mass is 35.5. The Balaban J connectivity index is 0.00000312. The normalized spacial score (nSPS) is 17.6. The second-order valence-corrected chi connectivity index (χ2v) is 6.63. The van der Waals surface area contributed by atoms with E-state index in [1.165, 1.54) is 12.1 Å². The number of hydrogen-bond acceptors (Lipinski definition) is 5. The Morgan fingerprint density at radius 2 is 1.96 bits per heavy atom. The lowest BCUT2D eigenvalue weighted by molar-refractivity contribution is -0.146. The number of hydrogen-bond donors (Lipinski definition) is 1. The summed E-state index contributed by atoms with van der Waals surface area (Å²) in [7, 11) is 0. The molecule has 1 fully saturated rings. The fraction of sp³-hybridized carbons (Fsp3) is 0.600. The van der Waals surface area contributed by atoms with Crippen molar-refractivity contribution in [2.45, 2.75) is 37.8 Å². The van der Waals surface area contributed by atoms with Gasteiger partial charge in [0.2, 0.25) is 0 Å². The highest BCUT2D eigenvalue weighted by Crippen LogP contribution is 2.26. The van der Waals surface area contributed by atoms with E-state index in [1.54, 1.807) is 4.90 Å². The van der Waals surface area contributed by atoms with E-state index in [0.717, 1.165) is 0 Å². The third-order valence-electron chi connectivity index (χ3n) is 3.73. The van der Waals surface area contributed by atoms with Crippen LogP contribution < -0.4 is 5.73 Å². The molecule has 0 radical (unpaired) electrons. The number of halogens is 6. The summed E-state index contributed by atoms with van der Waals surface area (Å²) in [5, 5.41) is 0.396. The average Bonchev–Trinajstić information content (AvgIpc) is 2.48. The summed E-state index contributed by atoms with van der Waals surface area (Å²) in [4.78, 5) is 17.3. The van der Waals surface area contributed by atoms with Gasteiger partial charge in [0.25, 0.3) is 5.92 Å². The van der Waals surface area contributed by atoms with Crippen LogP contribution >= 0.6 is 48.0 Å². The van der Waals surface area contributed by atoms with Gasteiger partial charge in [-0.25, -0.2) is 13.8 Å². The van der Waals surface area contributed by atoms with Crippen molar-refractivity contribution < 1.29 is 18.3 Å². The van der Waals surface area contributed by atoms with Crippen LogP contribution in [0.3, 0.4) is 0 Å². The molecule has 5 nitrogen and oxygen atoms in total. The molecule has 1 aromatic heterocycles. The predicted octanol–water partition coefficient (Wildman–Crippen LogP) is 3.72. The molecule has 150 valence electrons. The third-order valence-corrected chi connectivity index (χ3v) is 4.12. The van der Waals surface area contributed by atoms with Crippen LogP contribution in [0, 0.1) is 0 Å². The number of piperidine rings is 1. The van der Waals surface area contributed by atoms with Crippen molar-refractivity contribution >= 4 is 54.0 Å². The van der Waals surface area contributed by atoms with Gasteiger partial charge in [-0.15, -0.1) is 24.8 Å². The van der Waals surface area contributed by atoms with Crippen LogP contribution in [0.1, 0.15) is 24.8 Å². The molecule has 1 aliphatic heterocycles. The molecular formula is C15H21Cl4F2N3O2. The monoisotopic (exact) mass is 453 g/mol. The van der Waals surface area contributed by atoms with Crippen molar-refractivity contribution in [2.24, 2.45) is 5.73 Å². The Morgan fingerprint density at radius 1 is 1.35 bits per heavy atom. The zero-order valence-electron chi connectivity index (χ0n) is 13.8. The predicted molar refractivity (Wildman–Crippen MR) is 102 cm³/mol. The fourth-order valence-corrected chi connectivity index (χ4v) is 3.04. The van der Waals surface area contributed by atoms with Crippen LogP contribution in [-0.2, 0) is 16.1 Å². The molecular weight excluding hydrogens is 434 g/mol. The number of ether oxygens (including phenoxy) is 1. The van der Waals surface area contributed by atoms with Crippen LogP contribution in [0.5, 0.6) is 0 Å². The molecule has 0 saturated carbocycles. The van der Waals surface area contributed by atoms with Crippen LogP contribution in [0.25, 0.3) is 0 Å². The molecule has 1 atom stereocenters. The standard InChI is InChI=1S/C15H19Cl2F2N3O2.2ClH/c16-12-6-10(7-13(17)21-12)8-24-14(23)11(20)2-5-22-4-1-3-15(18,19)9-22;;/h6-7,11H,1-5,8-9,20H2;2*1H/t11-;;/m0../s1. The lowest BCUT2D eigenvalue weighted by Gasteiger charge is -2.32. The molecule has 0 amide bonds. The minimum Gasteiger partial charge on any atom is -0.460 e. The molecule has 0 spiro atoms. The van der Waals surface area contributed by atoms with Gasteiger partial charge in [-0.1, -0.05) is 23.2 Å². The quantitative estimate of drug-likeness (QED) is 0.524. The zero-order chi connectivity index (χ0) is 17.7. The number of carbonyl (C=O) groups excluding carboxylic acids is 1. The van der Waals surface area contributed by atoms with E-state index < -0.39 is 17.9 Å². The van der Waals surface area contributed by atoms with Crippen molar-refractivity contribution in [2.75, 3.05) is 19.6 Å². The van der Waals surface area contributed by atoms with Crippen molar-refractivity contribution in [3.8, 4) is 0 Å². The molecule has 11 heteroatoms. The van der Waals surface area contributed by atoms with E-state index in [-0.39, 0.29) is 61.1 Å². The minimum atomic E-state index is -2.66. The molecule has 2 rings (SSSR count). The molecule has 2 N–H and O–H groups in total. The molecule has 2 heterocycles. The van der Waals surface area contributed by atoms with E-state index in [9.17, 15) is 13.6 Å². The van der Waals surface area contributed by atoms with Crippen molar-refractivity contribution in [1.82, 2.24) is 9.88 Å². The lowest BCUT2D eigenvalue weighted by Crippen LogP contribution is -2.45. The first kappa shape index (κ1) is 25.6. The summed E-state index contributed by atoms with van der Waals surface area (Å²) >= 11 is 11.5. The summed E-state index contributed by atoms with van der Waals surface area (Å²) in [6, 6.07) is 2.19. The van der Waals surface area contributed by atoms with Gasteiger partial charge in [-0.2, -0.15) is 0 Å². The maximum absolute atomic E-state index is 13.3. The molecule has 26 heavy (non-hydrogen) atoms. The number of likely N-dealkylation sites (tertiary alicyclic amines) is 1. The smallest absolute Gasteiger partial charge is 0.323 e. The summed E-state index contributed by atoms with van der Waals surface area (Å²) in [6.07, 6.45) is 0.609. The average molecular weight is 455 g/mol. The second-order valence-electron chi connectivity index (χ2n) is 5.86. The Bertz CT molecular complexity index is 576. The van der Waals surface area contributed by atoms with Gasteiger partial charge < -0.3 is 10.5 Å². The van der Waals surface area contributed by atoms with Crippen molar-refractivity contribution in [3.63, 3.8) is 0 Å². The lowest BCUT2D eigenvalue weighted by atomic mass is 10.1. The molecule has 0 aromatic carbocycles. The molecule has 1 saturated heterocycles. The minimum absolute atomic E-state index is 0. The molecule has 1 aliphatic rings. The summed E-state index contributed by atoms with van der Waals surface area (Å²) in [5.41, 5.74) is 6.37. The Morgan fingerprint density at radius 3 is 2.54 bits per heavy atom. The Kier molecular flexibility index (Phi) is 11.2. The first-order valence-electron chi connectivity index (χ1n) is 7.59. The number of carbonyl (C=O) groups is 1. The number of alkyl halides is 2. The number of aromatic nitrogens is 1. The molecule has 0 bridgehead atoms. The summed E-state index contributed by atoms with van der Waals surface area (Å²) < 4.78 is 31.7. The Labute approximate surface area is 173 Å². The van der Waals surface area contributed by atoms with Gasteiger partial charge in [-0.3, -0.25) is 9.69 Å². The zero-order valence-corrected chi connectivity index (χ0v) is 16.9. The van der Waals surface area contributed by atoms with Gasteiger partial charge in [0, 0.05) is 13.0 Å². The van der Waals surface area contributed by atoms with E-state index in [0.29, 0.717) is 25.1 Å². The van der Waals surface area contributed by atoms with Crippen molar-refractivity contribution in [1.29, 1.82) is 0 Å². The van der Waals surface area contributed by atoms with E-state index in [1.807, 2.05) is 0 Å². The highest BCUT2D eigenvalue weighted by molar-refractivity contribution is 6.32. The van der Waals surface area contributed by atoms with Crippen LogP contribution in [0.2, 0.25) is 10.3 Å². The third kappa shape index (κ3) is 8.50. The van der Waals surface area contributed by atoms with Crippen LogP contribution in [-0.4, -0.2) is 47.5 Å². The van der Waals surface area contributed by atoms with Gasteiger partial charge in [0.05, 0.1) is 6.54 Å². The van der Waals surface area contributed by atoms with E-state index in [2.05, 4.69) is 4.98 Å². The number of esters is 1. The van der Waals surface area contributed by atoms with Crippen LogP contribution in [0.15, 0.2) is 12.1 Å². The Hall–Kier alpha value is -0.440. The maximum atomic E-state index is 13.3. The number of nitrogens with two attached hydrogens (primary N) is 1. The van der Waals surface area contributed by atoms with Gasteiger partial charge in [-0.05, 0) is 37.1 Å². The number of nitrogens with zero attached hydrogens (tertiary/aromatic N) is 2. The van der Waals surface area contributed by atoms with Crippen LogP contribution in [0.4, 0.5) is 8.78 Å². The SMILES string of the molecule is Cl.Cl.N[C@@H](CCN1CCCC(F)(F)C1)C(=O)OCc1cc(Cl)nc(Cl)c1. The van der Waals surface area contributed by atoms with Gasteiger partial charge in [0.15, 0.2) is 0 Å². The first-order valence-corrected chi connectivity index (χ1v) is 8.35. The first-order chi connectivity index (χ1) is 11.2. The fourth-order valence-electron chi connectivity index (χ4n) is 2.54. The number of pyridine rings is 1. The van der Waals surface area contributed by atoms with E-state index in [4.69, 9.17) is 33.7 Å². The second kappa shape index (κ2) is 11.4. The van der Waals surface area contributed by atoms with Gasteiger partial charge in [0.1, 0.15) is 23.0 Å². The number of rotatable bonds is 6. The topological polar surface area (TPSA) is 68.5 Å². The molecule has 1 aromatic rings. The summed E-state index contributed by atoms with van der Waals surface area (Å²) in [5.74, 6) is -3.26. The highest BCUT2D eigenvalue weighted by Gasteiger charge is 2.35.